The van der Waals surface area contributed by atoms with Crippen molar-refractivity contribution in [2.24, 2.45) is 5.41 Å². The van der Waals surface area contributed by atoms with Gasteiger partial charge in [-0.3, -0.25) is 9.59 Å². The zero-order chi connectivity index (χ0) is 23.5. The second kappa shape index (κ2) is 9.25. The summed E-state index contributed by atoms with van der Waals surface area (Å²) >= 11 is 0. The number of nitrogens with zero attached hydrogens (tertiary/aromatic N) is 4. The summed E-state index contributed by atoms with van der Waals surface area (Å²) in [5.74, 6) is 0.689. The zero-order valence-electron chi connectivity index (χ0n) is 19.3. The Morgan fingerprint density at radius 3 is 2.50 bits per heavy atom. The first-order chi connectivity index (χ1) is 16.5. The zero-order valence-corrected chi connectivity index (χ0v) is 19.3. The van der Waals surface area contributed by atoms with Gasteiger partial charge in [-0.25, -0.2) is 9.97 Å². The average Bonchev–Trinajstić information content (AvgIpc) is 3.10. The molecule has 0 saturated carbocycles. The first-order valence-electron chi connectivity index (χ1n) is 11.7. The van der Waals surface area contributed by atoms with E-state index in [1.807, 2.05) is 35.0 Å². The van der Waals surface area contributed by atoms with Gasteiger partial charge in [-0.05, 0) is 55.5 Å². The van der Waals surface area contributed by atoms with Crippen LogP contribution in [0, 0.1) is 5.41 Å². The highest BCUT2D eigenvalue weighted by Gasteiger charge is 2.51. The van der Waals surface area contributed by atoms with Gasteiger partial charge in [-0.15, -0.1) is 0 Å². The normalized spacial score (nSPS) is 19.4. The Morgan fingerprint density at radius 1 is 1.03 bits per heavy atom. The number of likely N-dealkylation sites (N-methyl/N-ethyl adjacent to an activating group) is 1. The minimum atomic E-state index is -0.361. The van der Waals surface area contributed by atoms with Gasteiger partial charge in [-0.2, -0.15) is 0 Å². The lowest BCUT2D eigenvalue weighted by Crippen LogP contribution is -2.46. The summed E-state index contributed by atoms with van der Waals surface area (Å²) in [6.45, 7) is 1.15. The van der Waals surface area contributed by atoms with E-state index in [2.05, 4.69) is 22.1 Å². The number of aromatic nitrogens is 2. The van der Waals surface area contributed by atoms with Gasteiger partial charge in [0.15, 0.2) is 0 Å². The molecule has 0 unspecified atom stereocenters. The Morgan fingerprint density at radius 2 is 1.76 bits per heavy atom. The molecule has 2 fully saturated rings. The van der Waals surface area contributed by atoms with Crippen LogP contribution in [0.2, 0.25) is 0 Å². The molecular formula is C27H28N4O3. The molecule has 7 nitrogen and oxygen atoms in total. The standard InChI is InChI=1S/C27H28N4O3/c1-30-22(17-20-7-3-2-4-8-20)19-27(25(30)33)11-15-31(16-12-27)24(32)21-9-5-10-23(18-21)34-26-28-13-6-14-29-26/h2-10,13-14,18,22H,11-12,15-17,19H2,1H3/t22-/m1/s1. The highest BCUT2D eigenvalue weighted by molar-refractivity contribution is 5.95. The van der Waals surface area contributed by atoms with Gasteiger partial charge >= 0.3 is 6.01 Å². The van der Waals surface area contributed by atoms with E-state index in [4.69, 9.17) is 4.74 Å². The largest absolute Gasteiger partial charge is 0.424 e. The number of rotatable bonds is 5. The summed E-state index contributed by atoms with van der Waals surface area (Å²) in [6, 6.07) is 19.6. The van der Waals surface area contributed by atoms with Crippen molar-refractivity contribution < 1.29 is 14.3 Å². The third kappa shape index (κ3) is 4.38. The van der Waals surface area contributed by atoms with Crippen LogP contribution >= 0.6 is 0 Å². The van der Waals surface area contributed by atoms with Crippen LogP contribution in [0.1, 0.15) is 35.2 Å². The third-order valence-corrected chi connectivity index (χ3v) is 7.10. The molecule has 0 N–H and O–H groups in total. The number of hydrogen-bond acceptors (Lipinski definition) is 5. The van der Waals surface area contributed by atoms with Crippen molar-refractivity contribution in [3.8, 4) is 11.8 Å². The maximum Gasteiger partial charge on any atom is 0.321 e. The van der Waals surface area contributed by atoms with Crippen LogP contribution in [0.25, 0.3) is 0 Å². The lowest BCUT2D eigenvalue weighted by molar-refractivity contribution is -0.137. The molecule has 0 aliphatic carbocycles. The summed E-state index contributed by atoms with van der Waals surface area (Å²) < 4.78 is 5.68. The van der Waals surface area contributed by atoms with Crippen LogP contribution in [0.3, 0.4) is 0 Å². The van der Waals surface area contributed by atoms with Crippen molar-refractivity contribution in [1.82, 2.24) is 19.8 Å². The topological polar surface area (TPSA) is 75.6 Å². The molecule has 0 bridgehead atoms. The first kappa shape index (κ1) is 22.1. The minimum Gasteiger partial charge on any atom is -0.424 e. The fourth-order valence-electron chi connectivity index (χ4n) is 5.19. The molecule has 2 aliphatic rings. The second-order valence-corrected chi connectivity index (χ2v) is 9.20. The lowest BCUT2D eigenvalue weighted by Gasteiger charge is -2.37. The van der Waals surface area contributed by atoms with E-state index < -0.39 is 0 Å². The van der Waals surface area contributed by atoms with Gasteiger partial charge in [-0.1, -0.05) is 36.4 Å². The number of carbonyl (C=O) groups excluding carboxylic acids is 2. The van der Waals surface area contributed by atoms with Gasteiger partial charge in [0.2, 0.25) is 5.91 Å². The molecule has 2 aliphatic heterocycles. The van der Waals surface area contributed by atoms with E-state index in [1.54, 1.807) is 42.7 Å². The number of carbonyl (C=O) groups is 2. The lowest BCUT2D eigenvalue weighted by atomic mass is 9.75. The van der Waals surface area contributed by atoms with Gasteiger partial charge in [0.1, 0.15) is 5.75 Å². The van der Waals surface area contributed by atoms with Crippen LogP contribution in [0.15, 0.2) is 73.1 Å². The van der Waals surface area contributed by atoms with Crippen LogP contribution in [-0.2, 0) is 11.2 Å². The molecule has 2 aromatic carbocycles. The van der Waals surface area contributed by atoms with E-state index in [0.29, 0.717) is 37.2 Å². The van der Waals surface area contributed by atoms with Crippen molar-refractivity contribution in [2.75, 3.05) is 20.1 Å². The fraction of sp³-hybridized carbons (Fsp3) is 0.333. The maximum absolute atomic E-state index is 13.2. The second-order valence-electron chi connectivity index (χ2n) is 9.20. The summed E-state index contributed by atoms with van der Waals surface area (Å²) in [6.07, 6.45) is 6.31. The molecule has 5 rings (SSSR count). The highest BCUT2D eigenvalue weighted by Crippen LogP contribution is 2.44. The number of amides is 2. The molecule has 34 heavy (non-hydrogen) atoms. The molecule has 3 heterocycles. The number of hydrogen-bond donors (Lipinski definition) is 0. The highest BCUT2D eigenvalue weighted by atomic mass is 16.5. The molecule has 2 amide bonds. The predicted octanol–water partition coefficient (Wildman–Crippen LogP) is 3.96. The summed E-state index contributed by atoms with van der Waals surface area (Å²) in [4.78, 5) is 38.3. The van der Waals surface area contributed by atoms with Crippen molar-refractivity contribution >= 4 is 11.8 Å². The number of ether oxygens (including phenoxy) is 1. The quantitative estimate of drug-likeness (QED) is 0.581. The fourth-order valence-corrected chi connectivity index (χ4v) is 5.19. The van der Waals surface area contributed by atoms with Gasteiger partial charge in [0.25, 0.3) is 5.91 Å². The maximum atomic E-state index is 13.2. The van der Waals surface area contributed by atoms with Crippen LogP contribution < -0.4 is 4.74 Å². The molecule has 1 aromatic heterocycles. The predicted molar refractivity (Wildman–Crippen MR) is 127 cm³/mol. The van der Waals surface area contributed by atoms with Crippen LogP contribution in [0.5, 0.6) is 11.8 Å². The summed E-state index contributed by atoms with van der Waals surface area (Å²) in [5.41, 5.74) is 1.45. The van der Waals surface area contributed by atoms with Gasteiger partial charge < -0.3 is 14.5 Å². The first-order valence-corrected chi connectivity index (χ1v) is 11.7. The molecule has 1 spiro atoms. The van der Waals surface area contributed by atoms with Gasteiger partial charge in [0, 0.05) is 44.1 Å². The molecular weight excluding hydrogens is 428 g/mol. The molecule has 3 aromatic rings. The Balaban J connectivity index is 1.23. The number of piperidine rings is 1. The minimum absolute atomic E-state index is 0.0473. The van der Waals surface area contributed by atoms with E-state index in [9.17, 15) is 9.59 Å². The van der Waals surface area contributed by atoms with Gasteiger partial charge in [0.05, 0.1) is 5.41 Å². The SMILES string of the molecule is CN1C(=O)C2(CCN(C(=O)c3cccc(Oc4ncccn4)c3)CC2)C[C@H]1Cc1ccccc1. The van der Waals surface area contributed by atoms with E-state index >= 15 is 0 Å². The average molecular weight is 457 g/mol. The Labute approximate surface area is 199 Å². The molecule has 7 heteroatoms. The van der Waals surface area contributed by atoms with Crippen LogP contribution in [0.4, 0.5) is 0 Å². The van der Waals surface area contributed by atoms with Crippen molar-refractivity contribution in [2.45, 2.75) is 31.7 Å². The monoisotopic (exact) mass is 456 g/mol. The van der Waals surface area contributed by atoms with Crippen LogP contribution in [-0.4, -0.2) is 57.8 Å². The number of likely N-dealkylation sites (tertiary alicyclic amines) is 2. The van der Waals surface area contributed by atoms with Crippen molar-refractivity contribution in [3.63, 3.8) is 0 Å². The molecule has 0 radical (unpaired) electrons. The molecule has 2 saturated heterocycles. The Kier molecular flexibility index (Phi) is 6.01. The van der Waals surface area contributed by atoms with Crippen molar-refractivity contribution in [3.05, 3.63) is 84.2 Å². The van der Waals surface area contributed by atoms with E-state index in [1.165, 1.54) is 5.56 Å². The molecule has 1 atom stereocenters. The Bertz CT molecular complexity index is 1160. The van der Waals surface area contributed by atoms with E-state index in [0.717, 1.165) is 12.8 Å². The Hall–Kier alpha value is -3.74. The van der Waals surface area contributed by atoms with Crippen molar-refractivity contribution in [1.29, 1.82) is 0 Å². The summed E-state index contributed by atoms with van der Waals surface area (Å²) in [7, 11) is 1.92. The van der Waals surface area contributed by atoms with E-state index in [-0.39, 0.29) is 29.3 Å². The molecule has 174 valence electrons. The number of benzene rings is 2. The third-order valence-electron chi connectivity index (χ3n) is 7.10. The summed E-state index contributed by atoms with van der Waals surface area (Å²) in [5, 5.41) is 0. The smallest absolute Gasteiger partial charge is 0.321 e.